The van der Waals surface area contributed by atoms with Crippen LogP contribution in [0.3, 0.4) is 0 Å². The van der Waals surface area contributed by atoms with Crippen LogP contribution in [0.1, 0.15) is 52.0 Å². The lowest BCUT2D eigenvalue weighted by molar-refractivity contribution is 0.0905. The molecule has 1 atom stereocenters. The Morgan fingerprint density at radius 2 is 1.90 bits per heavy atom. The lowest BCUT2D eigenvalue weighted by Crippen LogP contribution is -2.47. The van der Waals surface area contributed by atoms with E-state index in [0.29, 0.717) is 29.3 Å². The van der Waals surface area contributed by atoms with Crippen molar-refractivity contribution in [3.05, 3.63) is 16.9 Å². The zero-order chi connectivity index (χ0) is 16.2. The van der Waals surface area contributed by atoms with Crippen LogP contribution in [-0.4, -0.2) is 45.3 Å². The smallest absolute Gasteiger partial charge is 0.273 e. The summed E-state index contributed by atoms with van der Waals surface area (Å²) >= 11 is 6.05. The van der Waals surface area contributed by atoms with Gasteiger partial charge in [-0.05, 0) is 41.5 Å². The van der Waals surface area contributed by atoms with Crippen molar-refractivity contribution in [3.8, 4) is 0 Å². The van der Waals surface area contributed by atoms with Gasteiger partial charge in [-0.15, -0.1) is 0 Å². The monoisotopic (exact) mass is 314 g/mol. The molecule has 0 aromatic carbocycles. The van der Waals surface area contributed by atoms with Crippen LogP contribution in [0.15, 0.2) is 6.20 Å². The van der Waals surface area contributed by atoms with E-state index in [1.165, 1.54) is 0 Å². The van der Waals surface area contributed by atoms with Crippen LogP contribution in [0, 0.1) is 0 Å². The number of rotatable bonds is 7. The third-order valence-electron chi connectivity index (χ3n) is 3.44. The number of aryl methyl sites for hydroxylation is 1. The summed E-state index contributed by atoms with van der Waals surface area (Å²) in [7, 11) is 0. The van der Waals surface area contributed by atoms with Crippen molar-refractivity contribution < 1.29 is 4.79 Å². The Morgan fingerprint density at radius 3 is 2.33 bits per heavy atom. The average Bonchev–Trinajstić information content (AvgIpc) is 2.76. The van der Waals surface area contributed by atoms with Crippen molar-refractivity contribution in [3.63, 3.8) is 0 Å². The average molecular weight is 315 g/mol. The maximum atomic E-state index is 12.2. The second-order valence-electron chi connectivity index (χ2n) is 5.94. The lowest BCUT2D eigenvalue weighted by Gasteiger charge is -2.33. The van der Waals surface area contributed by atoms with Gasteiger partial charge in [0.1, 0.15) is 0 Å². The van der Waals surface area contributed by atoms with E-state index in [1.807, 2.05) is 13.8 Å². The molecule has 6 heteroatoms. The Balaban J connectivity index is 2.67. The molecule has 1 heterocycles. The van der Waals surface area contributed by atoms with E-state index in [0.717, 1.165) is 6.54 Å². The Hall–Kier alpha value is -1.07. The van der Waals surface area contributed by atoms with Crippen molar-refractivity contribution >= 4 is 17.5 Å². The summed E-state index contributed by atoms with van der Waals surface area (Å²) in [5.41, 5.74) is 0.297. The topological polar surface area (TPSA) is 50.2 Å². The molecule has 0 unspecified atom stereocenters. The van der Waals surface area contributed by atoms with Crippen molar-refractivity contribution in [2.24, 2.45) is 0 Å². The fraction of sp³-hybridized carbons (Fsp3) is 0.733. The molecule has 0 saturated heterocycles. The molecule has 1 amide bonds. The summed E-state index contributed by atoms with van der Waals surface area (Å²) in [6.45, 7) is 14.1. The molecule has 1 rings (SSSR count). The van der Waals surface area contributed by atoms with E-state index in [2.05, 4.69) is 43.0 Å². The van der Waals surface area contributed by atoms with Crippen molar-refractivity contribution in [1.29, 1.82) is 0 Å². The first kappa shape index (κ1) is 18.0. The Labute approximate surface area is 132 Å². The summed E-state index contributed by atoms with van der Waals surface area (Å²) in [5, 5.41) is 7.56. The third kappa shape index (κ3) is 5.00. The van der Waals surface area contributed by atoms with Crippen LogP contribution in [0.25, 0.3) is 0 Å². The second kappa shape index (κ2) is 7.80. The third-order valence-corrected chi connectivity index (χ3v) is 3.72. The van der Waals surface area contributed by atoms with Crippen LogP contribution in [0.5, 0.6) is 0 Å². The Kier molecular flexibility index (Phi) is 6.68. The van der Waals surface area contributed by atoms with E-state index in [9.17, 15) is 4.79 Å². The van der Waals surface area contributed by atoms with Gasteiger partial charge in [-0.25, -0.2) is 0 Å². The summed E-state index contributed by atoms with van der Waals surface area (Å²) < 4.78 is 1.66. The van der Waals surface area contributed by atoms with Gasteiger partial charge in [0.15, 0.2) is 5.69 Å². The molecule has 120 valence electrons. The number of nitrogens with zero attached hydrogens (tertiary/aromatic N) is 3. The molecule has 5 nitrogen and oxygen atoms in total. The molecule has 1 N–H and O–H groups in total. The first-order valence-electron chi connectivity index (χ1n) is 7.55. The molecule has 0 aliphatic carbocycles. The van der Waals surface area contributed by atoms with Gasteiger partial charge in [0.2, 0.25) is 0 Å². The number of carbonyl (C=O) groups excluding carboxylic acids is 1. The highest BCUT2D eigenvalue weighted by atomic mass is 35.5. The number of hydrogen-bond donors (Lipinski definition) is 1. The molecule has 21 heavy (non-hydrogen) atoms. The predicted molar refractivity (Wildman–Crippen MR) is 86.8 cm³/mol. The van der Waals surface area contributed by atoms with E-state index in [1.54, 1.807) is 10.9 Å². The number of nitrogens with one attached hydrogen (secondary N) is 1. The van der Waals surface area contributed by atoms with Gasteiger partial charge in [0, 0.05) is 37.4 Å². The van der Waals surface area contributed by atoms with E-state index >= 15 is 0 Å². The first-order valence-corrected chi connectivity index (χ1v) is 7.93. The molecule has 0 radical (unpaired) electrons. The quantitative estimate of drug-likeness (QED) is 0.842. The van der Waals surface area contributed by atoms with Crippen LogP contribution < -0.4 is 5.32 Å². The zero-order valence-corrected chi connectivity index (χ0v) is 14.6. The van der Waals surface area contributed by atoms with Crippen LogP contribution >= 0.6 is 11.6 Å². The molecule has 0 spiro atoms. The Morgan fingerprint density at radius 1 is 1.33 bits per heavy atom. The summed E-state index contributed by atoms with van der Waals surface area (Å²) in [6.07, 6.45) is 1.68. The van der Waals surface area contributed by atoms with Crippen molar-refractivity contribution in [1.82, 2.24) is 20.0 Å². The minimum Gasteiger partial charge on any atom is -0.347 e. The molecule has 1 aromatic heterocycles. The predicted octanol–water partition coefficient (Wildman–Crippen LogP) is 2.79. The maximum Gasteiger partial charge on any atom is 0.273 e. The molecule has 0 bridgehead atoms. The highest BCUT2D eigenvalue weighted by Crippen LogP contribution is 2.14. The molecule has 1 aromatic rings. The molecule has 0 fully saturated rings. The van der Waals surface area contributed by atoms with Gasteiger partial charge in [-0.1, -0.05) is 11.6 Å². The SMILES string of the molecule is CCn1cc(Cl)c(C(=O)N[C@H](C)CN(C(C)C)C(C)C)n1. The maximum absolute atomic E-state index is 12.2. The number of amides is 1. The number of halogens is 1. The van der Waals surface area contributed by atoms with E-state index in [4.69, 9.17) is 11.6 Å². The largest absolute Gasteiger partial charge is 0.347 e. The number of hydrogen-bond acceptors (Lipinski definition) is 3. The van der Waals surface area contributed by atoms with Gasteiger partial charge in [-0.3, -0.25) is 14.4 Å². The van der Waals surface area contributed by atoms with Gasteiger partial charge in [-0.2, -0.15) is 5.10 Å². The molecule has 0 aliphatic rings. The number of aromatic nitrogens is 2. The lowest BCUT2D eigenvalue weighted by atomic mass is 10.2. The van der Waals surface area contributed by atoms with Crippen LogP contribution in [0.4, 0.5) is 0 Å². The normalized spacial score (nSPS) is 13.2. The summed E-state index contributed by atoms with van der Waals surface area (Å²) in [6, 6.07) is 0.907. The Bertz CT molecular complexity index is 462. The molecular weight excluding hydrogens is 288 g/mol. The standard InChI is InChI=1S/C15H27ClN4O/c1-7-19-9-13(16)14(18-19)15(21)17-12(6)8-20(10(2)3)11(4)5/h9-12H,7-8H2,1-6H3,(H,17,21)/t12-/m1/s1. The fourth-order valence-electron chi connectivity index (χ4n) is 2.38. The number of carbonyl (C=O) groups is 1. The molecule has 0 saturated carbocycles. The summed E-state index contributed by atoms with van der Waals surface area (Å²) in [5.74, 6) is -0.216. The second-order valence-corrected chi connectivity index (χ2v) is 6.35. The molecular formula is C15H27ClN4O. The van der Waals surface area contributed by atoms with Gasteiger partial charge >= 0.3 is 0 Å². The zero-order valence-electron chi connectivity index (χ0n) is 13.9. The van der Waals surface area contributed by atoms with Crippen LogP contribution in [-0.2, 0) is 6.54 Å². The highest BCUT2D eigenvalue weighted by Gasteiger charge is 2.20. The van der Waals surface area contributed by atoms with Gasteiger partial charge in [0.05, 0.1) is 5.02 Å². The van der Waals surface area contributed by atoms with Crippen molar-refractivity contribution in [2.75, 3.05) is 6.54 Å². The fourth-order valence-corrected chi connectivity index (χ4v) is 2.62. The van der Waals surface area contributed by atoms with E-state index < -0.39 is 0 Å². The minimum atomic E-state index is -0.216. The van der Waals surface area contributed by atoms with Crippen molar-refractivity contribution in [2.45, 2.75) is 66.2 Å². The van der Waals surface area contributed by atoms with Gasteiger partial charge < -0.3 is 5.32 Å². The van der Waals surface area contributed by atoms with Crippen LogP contribution in [0.2, 0.25) is 5.02 Å². The summed E-state index contributed by atoms with van der Waals surface area (Å²) in [4.78, 5) is 14.6. The molecule has 0 aliphatic heterocycles. The van der Waals surface area contributed by atoms with Gasteiger partial charge in [0.25, 0.3) is 5.91 Å². The first-order chi connectivity index (χ1) is 9.76. The minimum absolute atomic E-state index is 0.0325. The highest BCUT2D eigenvalue weighted by molar-refractivity contribution is 6.33. The van der Waals surface area contributed by atoms with E-state index in [-0.39, 0.29) is 11.9 Å².